The lowest BCUT2D eigenvalue weighted by atomic mass is 9.93. The van der Waals surface area contributed by atoms with Crippen molar-refractivity contribution in [2.75, 3.05) is 6.61 Å². The lowest BCUT2D eigenvalue weighted by Gasteiger charge is -2.28. The minimum Gasteiger partial charge on any atom is -0.490 e. The topological polar surface area (TPSA) is 35.2 Å². The molecule has 0 saturated carbocycles. The highest BCUT2D eigenvalue weighted by Gasteiger charge is 2.26. The van der Waals surface area contributed by atoms with Crippen molar-refractivity contribution < 1.29 is 9.13 Å². The first-order valence-electron chi connectivity index (χ1n) is 4.37. The summed E-state index contributed by atoms with van der Waals surface area (Å²) < 4.78 is 18.5. The number of benzene rings is 1. The molecule has 2 nitrogen and oxygen atoms in total. The van der Waals surface area contributed by atoms with Gasteiger partial charge >= 0.3 is 0 Å². The Morgan fingerprint density at radius 1 is 1.54 bits per heavy atom. The second-order valence-corrected chi connectivity index (χ2v) is 3.47. The molecule has 2 atom stereocenters. The van der Waals surface area contributed by atoms with E-state index in [1.54, 1.807) is 6.07 Å². The van der Waals surface area contributed by atoms with Gasteiger partial charge < -0.3 is 10.5 Å². The summed E-state index contributed by atoms with van der Waals surface area (Å²) in [6.45, 7) is 2.49. The van der Waals surface area contributed by atoms with Crippen molar-refractivity contribution in [1.82, 2.24) is 0 Å². The SMILES string of the molecule is CC1COc2c(F)cccc2C1N. The molecule has 0 aliphatic carbocycles. The Morgan fingerprint density at radius 3 is 3.08 bits per heavy atom. The highest BCUT2D eigenvalue weighted by Crippen LogP contribution is 2.35. The Balaban J connectivity index is 2.49. The van der Waals surface area contributed by atoms with E-state index in [2.05, 4.69) is 0 Å². The highest BCUT2D eigenvalue weighted by molar-refractivity contribution is 5.39. The molecule has 0 amide bonds. The van der Waals surface area contributed by atoms with Crippen LogP contribution in [-0.4, -0.2) is 6.61 Å². The van der Waals surface area contributed by atoms with E-state index in [0.717, 1.165) is 5.56 Å². The smallest absolute Gasteiger partial charge is 0.165 e. The number of hydrogen-bond donors (Lipinski definition) is 1. The molecule has 1 aromatic carbocycles. The van der Waals surface area contributed by atoms with Gasteiger partial charge in [0, 0.05) is 17.5 Å². The lowest BCUT2D eigenvalue weighted by Crippen LogP contribution is -2.29. The zero-order valence-electron chi connectivity index (χ0n) is 7.46. The fourth-order valence-corrected chi connectivity index (χ4v) is 1.57. The first-order chi connectivity index (χ1) is 6.20. The summed E-state index contributed by atoms with van der Waals surface area (Å²) in [5.74, 6) is 0.252. The number of nitrogens with two attached hydrogens (primary N) is 1. The molecular formula is C10H12FNO. The summed E-state index contributed by atoms with van der Waals surface area (Å²) in [6.07, 6.45) is 0. The van der Waals surface area contributed by atoms with Crippen LogP contribution in [0.4, 0.5) is 4.39 Å². The average molecular weight is 181 g/mol. The Labute approximate surface area is 76.5 Å². The van der Waals surface area contributed by atoms with E-state index in [9.17, 15) is 4.39 Å². The second-order valence-electron chi connectivity index (χ2n) is 3.47. The molecule has 0 spiro atoms. The molecule has 2 N–H and O–H groups in total. The molecule has 0 bridgehead atoms. The third kappa shape index (κ3) is 1.29. The normalized spacial score (nSPS) is 26.4. The molecule has 2 unspecified atom stereocenters. The van der Waals surface area contributed by atoms with Crippen molar-refractivity contribution in [2.45, 2.75) is 13.0 Å². The van der Waals surface area contributed by atoms with Gasteiger partial charge in [-0.3, -0.25) is 0 Å². The minimum absolute atomic E-state index is 0.112. The molecule has 0 radical (unpaired) electrons. The van der Waals surface area contributed by atoms with Gasteiger partial charge in [0.15, 0.2) is 11.6 Å². The van der Waals surface area contributed by atoms with Gasteiger partial charge in [0.05, 0.1) is 6.61 Å². The lowest BCUT2D eigenvalue weighted by molar-refractivity contribution is 0.198. The predicted molar refractivity (Wildman–Crippen MR) is 48.0 cm³/mol. The van der Waals surface area contributed by atoms with Crippen molar-refractivity contribution in [2.24, 2.45) is 11.7 Å². The molecule has 2 rings (SSSR count). The number of hydrogen-bond acceptors (Lipinski definition) is 2. The minimum atomic E-state index is -0.320. The number of halogens is 1. The summed E-state index contributed by atoms with van der Waals surface area (Å²) in [4.78, 5) is 0. The van der Waals surface area contributed by atoms with Gasteiger partial charge in [-0.25, -0.2) is 4.39 Å². The van der Waals surface area contributed by atoms with Crippen molar-refractivity contribution in [1.29, 1.82) is 0 Å². The maximum Gasteiger partial charge on any atom is 0.165 e. The molecule has 1 aromatic rings. The molecule has 1 aliphatic heterocycles. The molecular weight excluding hydrogens is 169 g/mol. The predicted octanol–water partition coefficient (Wildman–Crippen LogP) is 1.85. The maximum atomic E-state index is 13.2. The highest BCUT2D eigenvalue weighted by atomic mass is 19.1. The van der Waals surface area contributed by atoms with Gasteiger partial charge in [-0.1, -0.05) is 19.1 Å². The van der Waals surface area contributed by atoms with Gasteiger partial charge in [0.2, 0.25) is 0 Å². The van der Waals surface area contributed by atoms with Crippen LogP contribution in [0, 0.1) is 11.7 Å². The van der Waals surface area contributed by atoms with Crippen LogP contribution in [0.3, 0.4) is 0 Å². The van der Waals surface area contributed by atoms with Gasteiger partial charge in [0.25, 0.3) is 0 Å². The van der Waals surface area contributed by atoms with Crippen LogP contribution in [0.25, 0.3) is 0 Å². The van der Waals surface area contributed by atoms with Crippen molar-refractivity contribution in [3.63, 3.8) is 0 Å². The fraction of sp³-hybridized carbons (Fsp3) is 0.400. The van der Waals surface area contributed by atoms with Crippen LogP contribution >= 0.6 is 0 Å². The Hall–Kier alpha value is -1.09. The molecule has 13 heavy (non-hydrogen) atoms. The fourth-order valence-electron chi connectivity index (χ4n) is 1.57. The number of fused-ring (bicyclic) bond motifs is 1. The van der Waals surface area contributed by atoms with Gasteiger partial charge in [-0.05, 0) is 6.07 Å². The summed E-state index contributed by atoms with van der Waals surface area (Å²) in [5, 5.41) is 0. The van der Waals surface area contributed by atoms with Crippen molar-refractivity contribution in [3.8, 4) is 5.75 Å². The molecule has 3 heteroatoms. The molecule has 1 aliphatic rings. The van der Waals surface area contributed by atoms with E-state index in [1.165, 1.54) is 6.07 Å². The van der Waals surface area contributed by atoms with Crippen molar-refractivity contribution >= 4 is 0 Å². The third-order valence-corrected chi connectivity index (χ3v) is 2.46. The van der Waals surface area contributed by atoms with Gasteiger partial charge in [-0.15, -0.1) is 0 Å². The summed E-state index contributed by atoms with van der Waals surface area (Å²) in [5.41, 5.74) is 6.69. The zero-order valence-corrected chi connectivity index (χ0v) is 7.46. The van der Waals surface area contributed by atoms with Crippen LogP contribution < -0.4 is 10.5 Å². The van der Waals surface area contributed by atoms with Crippen LogP contribution in [0.15, 0.2) is 18.2 Å². The van der Waals surface area contributed by atoms with Crippen LogP contribution in [-0.2, 0) is 0 Å². The summed E-state index contributed by atoms with van der Waals surface area (Å²) >= 11 is 0. The van der Waals surface area contributed by atoms with E-state index in [1.807, 2.05) is 13.0 Å². The first kappa shape index (κ1) is 8.51. The van der Waals surface area contributed by atoms with Crippen LogP contribution in [0.5, 0.6) is 5.75 Å². The van der Waals surface area contributed by atoms with Crippen LogP contribution in [0.2, 0.25) is 0 Å². The van der Waals surface area contributed by atoms with E-state index in [4.69, 9.17) is 10.5 Å². The number of rotatable bonds is 0. The molecule has 0 aromatic heterocycles. The van der Waals surface area contributed by atoms with E-state index in [-0.39, 0.29) is 17.8 Å². The molecule has 0 saturated heterocycles. The van der Waals surface area contributed by atoms with Gasteiger partial charge in [-0.2, -0.15) is 0 Å². The molecule has 0 fully saturated rings. The summed E-state index contributed by atoms with van der Waals surface area (Å²) in [6, 6.07) is 4.76. The quantitative estimate of drug-likeness (QED) is 0.663. The zero-order chi connectivity index (χ0) is 9.42. The number of ether oxygens (including phenoxy) is 1. The Bertz CT molecular complexity index is 327. The average Bonchev–Trinajstić information content (AvgIpc) is 2.12. The maximum absolute atomic E-state index is 13.2. The third-order valence-electron chi connectivity index (χ3n) is 2.46. The Morgan fingerprint density at radius 2 is 2.31 bits per heavy atom. The van der Waals surface area contributed by atoms with Crippen LogP contribution in [0.1, 0.15) is 18.5 Å². The second kappa shape index (κ2) is 3.00. The molecule has 70 valence electrons. The Kier molecular flexibility index (Phi) is 1.96. The van der Waals surface area contributed by atoms with Crippen molar-refractivity contribution in [3.05, 3.63) is 29.6 Å². The monoisotopic (exact) mass is 181 g/mol. The number of para-hydroxylation sites is 1. The largest absolute Gasteiger partial charge is 0.490 e. The van der Waals surface area contributed by atoms with Gasteiger partial charge in [0.1, 0.15) is 0 Å². The van der Waals surface area contributed by atoms with E-state index >= 15 is 0 Å². The summed E-state index contributed by atoms with van der Waals surface area (Å²) in [7, 11) is 0. The van der Waals surface area contributed by atoms with E-state index < -0.39 is 0 Å². The first-order valence-corrected chi connectivity index (χ1v) is 4.37. The van der Waals surface area contributed by atoms with E-state index in [0.29, 0.717) is 12.4 Å². The standard InChI is InChI=1S/C10H12FNO/c1-6-5-13-10-7(9(6)12)3-2-4-8(10)11/h2-4,6,9H,5,12H2,1H3. The molecule has 1 heterocycles.